The molecule has 0 aliphatic carbocycles. The van der Waals surface area contributed by atoms with Crippen molar-refractivity contribution in [1.29, 1.82) is 0 Å². The van der Waals surface area contributed by atoms with Gasteiger partial charge in [0, 0.05) is 58.2 Å². The number of piperidine rings is 1. The number of rotatable bonds is 5. The monoisotopic (exact) mass is 352 g/mol. The molecule has 0 aromatic carbocycles. The molecule has 2 aromatic heterocycles. The average molecular weight is 352 g/mol. The minimum absolute atomic E-state index is 1.01. The van der Waals surface area contributed by atoms with Gasteiger partial charge in [-0.15, -0.1) is 10.2 Å². The minimum Gasteiger partial charge on any atom is -0.355 e. The number of hydrogen-bond donors (Lipinski definition) is 0. The molecule has 0 atom stereocenters. The number of hydrogen-bond acceptors (Lipinski definition) is 6. The van der Waals surface area contributed by atoms with Crippen molar-refractivity contribution in [2.75, 3.05) is 55.6 Å². The van der Waals surface area contributed by atoms with Crippen LogP contribution in [0.1, 0.15) is 24.8 Å². The van der Waals surface area contributed by atoms with Crippen LogP contribution in [0, 0.1) is 0 Å². The first kappa shape index (κ1) is 17.2. The maximum absolute atomic E-state index is 4.50. The summed E-state index contributed by atoms with van der Waals surface area (Å²) in [5, 5.41) is 8.99. The summed E-state index contributed by atoms with van der Waals surface area (Å²) in [6.45, 7) is 7.52. The summed E-state index contributed by atoms with van der Waals surface area (Å²) in [5.41, 5.74) is 1.31. The molecule has 0 spiro atoms. The summed E-state index contributed by atoms with van der Waals surface area (Å²) in [6.07, 6.45) is 8.75. The Labute approximate surface area is 155 Å². The van der Waals surface area contributed by atoms with Gasteiger partial charge in [-0.3, -0.25) is 9.88 Å². The van der Waals surface area contributed by atoms with Crippen LogP contribution in [0.25, 0.3) is 0 Å². The van der Waals surface area contributed by atoms with Crippen LogP contribution in [0.4, 0.5) is 11.6 Å². The molecule has 0 unspecified atom stereocenters. The normalized spacial score (nSPS) is 18.9. The fourth-order valence-electron chi connectivity index (χ4n) is 3.81. The molecule has 138 valence electrons. The minimum atomic E-state index is 1.01. The molecule has 2 saturated heterocycles. The molecule has 0 saturated carbocycles. The molecular formula is C20H28N6. The van der Waals surface area contributed by atoms with Gasteiger partial charge >= 0.3 is 0 Å². The van der Waals surface area contributed by atoms with Crippen LogP contribution in [0.3, 0.4) is 0 Å². The van der Waals surface area contributed by atoms with Gasteiger partial charge in [0.15, 0.2) is 11.6 Å². The lowest BCUT2D eigenvalue weighted by molar-refractivity contribution is 0.260. The second kappa shape index (κ2) is 8.45. The summed E-state index contributed by atoms with van der Waals surface area (Å²) in [4.78, 5) is 11.4. The number of piperazine rings is 1. The van der Waals surface area contributed by atoms with E-state index in [1.54, 1.807) is 0 Å². The van der Waals surface area contributed by atoms with Crippen molar-refractivity contribution >= 4 is 11.6 Å². The Kier molecular flexibility index (Phi) is 5.59. The van der Waals surface area contributed by atoms with Gasteiger partial charge < -0.3 is 9.80 Å². The first-order chi connectivity index (χ1) is 12.9. The Bertz CT molecular complexity index is 660. The Morgan fingerprint density at radius 3 is 2.08 bits per heavy atom. The standard InChI is InChI=1S/C20H28N6/c1-2-10-25(11-3-1)19-6-7-20(23-22-19)26-15-13-24(14-16-26)12-8-18-5-4-9-21-17-18/h4-7,9,17H,1-3,8,10-16H2. The largest absolute Gasteiger partial charge is 0.355 e. The summed E-state index contributed by atoms with van der Waals surface area (Å²) in [7, 11) is 0. The van der Waals surface area contributed by atoms with E-state index in [4.69, 9.17) is 0 Å². The van der Waals surface area contributed by atoms with Gasteiger partial charge in [0.25, 0.3) is 0 Å². The third-order valence-electron chi connectivity index (χ3n) is 5.45. The molecule has 26 heavy (non-hydrogen) atoms. The summed E-state index contributed by atoms with van der Waals surface area (Å²) < 4.78 is 0. The lowest BCUT2D eigenvalue weighted by atomic mass is 10.1. The Hall–Kier alpha value is -2.21. The highest BCUT2D eigenvalue weighted by atomic mass is 15.3. The number of aromatic nitrogens is 3. The molecule has 0 radical (unpaired) electrons. The summed E-state index contributed by atoms with van der Waals surface area (Å²) in [5.74, 6) is 2.04. The molecule has 4 rings (SSSR count). The van der Waals surface area contributed by atoms with E-state index in [1.807, 2.05) is 18.5 Å². The van der Waals surface area contributed by atoms with E-state index < -0.39 is 0 Å². The zero-order chi connectivity index (χ0) is 17.6. The molecule has 0 N–H and O–H groups in total. The number of nitrogens with zero attached hydrogens (tertiary/aromatic N) is 6. The van der Waals surface area contributed by atoms with Gasteiger partial charge in [-0.2, -0.15) is 0 Å². The van der Waals surface area contributed by atoms with E-state index in [0.29, 0.717) is 0 Å². The van der Waals surface area contributed by atoms with Crippen LogP contribution in [0.15, 0.2) is 36.7 Å². The predicted octanol–water partition coefficient (Wildman–Crippen LogP) is 2.23. The Morgan fingerprint density at radius 1 is 0.769 bits per heavy atom. The van der Waals surface area contributed by atoms with Gasteiger partial charge in [-0.1, -0.05) is 6.07 Å². The second-order valence-electron chi connectivity index (χ2n) is 7.24. The zero-order valence-electron chi connectivity index (χ0n) is 15.4. The molecule has 2 aromatic rings. The van der Waals surface area contributed by atoms with Crippen molar-refractivity contribution < 1.29 is 0 Å². The van der Waals surface area contributed by atoms with E-state index in [0.717, 1.165) is 63.9 Å². The van der Waals surface area contributed by atoms with E-state index in [9.17, 15) is 0 Å². The van der Waals surface area contributed by atoms with Crippen LogP contribution < -0.4 is 9.80 Å². The maximum atomic E-state index is 4.50. The molecular weight excluding hydrogens is 324 g/mol. The van der Waals surface area contributed by atoms with Crippen molar-refractivity contribution in [3.63, 3.8) is 0 Å². The van der Waals surface area contributed by atoms with Crippen molar-refractivity contribution in [2.24, 2.45) is 0 Å². The highest BCUT2D eigenvalue weighted by Crippen LogP contribution is 2.19. The highest BCUT2D eigenvalue weighted by Gasteiger charge is 2.19. The smallest absolute Gasteiger partial charge is 0.151 e. The SMILES string of the molecule is c1cncc(CCN2CCN(c3ccc(N4CCCCC4)nn3)CC2)c1. The lowest BCUT2D eigenvalue weighted by Crippen LogP contribution is -2.47. The fraction of sp³-hybridized carbons (Fsp3) is 0.550. The van der Waals surface area contributed by atoms with E-state index >= 15 is 0 Å². The van der Waals surface area contributed by atoms with Crippen LogP contribution in [0.5, 0.6) is 0 Å². The Morgan fingerprint density at radius 2 is 1.46 bits per heavy atom. The van der Waals surface area contributed by atoms with Crippen molar-refractivity contribution in [1.82, 2.24) is 20.1 Å². The van der Waals surface area contributed by atoms with E-state index in [2.05, 4.69) is 48.1 Å². The molecule has 0 amide bonds. The molecule has 0 bridgehead atoms. The summed E-state index contributed by atoms with van der Waals surface area (Å²) >= 11 is 0. The Balaban J connectivity index is 1.26. The number of anilines is 2. The van der Waals surface area contributed by atoms with E-state index in [1.165, 1.54) is 24.8 Å². The average Bonchev–Trinajstić information content (AvgIpc) is 2.74. The molecule has 6 nitrogen and oxygen atoms in total. The van der Waals surface area contributed by atoms with Crippen LogP contribution >= 0.6 is 0 Å². The van der Waals surface area contributed by atoms with Crippen molar-refractivity contribution in [3.05, 3.63) is 42.2 Å². The molecule has 2 aliphatic heterocycles. The van der Waals surface area contributed by atoms with Gasteiger partial charge in [0.2, 0.25) is 0 Å². The van der Waals surface area contributed by atoms with Gasteiger partial charge in [-0.25, -0.2) is 0 Å². The zero-order valence-corrected chi connectivity index (χ0v) is 15.4. The van der Waals surface area contributed by atoms with Crippen LogP contribution in [0.2, 0.25) is 0 Å². The first-order valence-corrected chi connectivity index (χ1v) is 9.83. The number of pyridine rings is 1. The van der Waals surface area contributed by atoms with Crippen LogP contribution in [-0.4, -0.2) is 65.9 Å². The summed E-state index contributed by atoms with van der Waals surface area (Å²) in [6, 6.07) is 8.45. The fourth-order valence-corrected chi connectivity index (χ4v) is 3.81. The highest BCUT2D eigenvalue weighted by molar-refractivity contribution is 5.45. The van der Waals surface area contributed by atoms with Gasteiger partial charge in [0.1, 0.15) is 0 Å². The molecule has 6 heteroatoms. The predicted molar refractivity (Wildman–Crippen MR) is 105 cm³/mol. The third kappa shape index (κ3) is 4.30. The van der Waals surface area contributed by atoms with Crippen molar-refractivity contribution in [3.8, 4) is 0 Å². The van der Waals surface area contributed by atoms with Gasteiger partial charge in [0.05, 0.1) is 0 Å². The topological polar surface area (TPSA) is 48.4 Å². The van der Waals surface area contributed by atoms with Gasteiger partial charge in [-0.05, 0) is 49.4 Å². The van der Waals surface area contributed by atoms with Crippen LogP contribution in [-0.2, 0) is 6.42 Å². The first-order valence-electron chi connectivity index (χ1n) is 9.83. The molecule has 4 heterocycles. The molecule has 2 fully saturated rings. The lowest BCUT2D eigenvalue weighted by Gasteiger charge is -2.35. The molecule has 2 aliphatic rings. The van der Waals surface area contributed by atoms with E-state index in [-0.39, 0.29) is 0 Å². The quantitative estimate of drug-likeness (QED) is 0.822. The third-order valence-corrected chi connectivity index (χ3v) is 5.45. The van der Waals surface area contributed by atoms with Crippen molar-refractivity contribution in [2.45, 2.75) is 25.7 Å². The second-order valence-corrected chi connectivity index (χ2v) is 7.24. The maximum Gasteiger partial charge on any atom is 0.151 e.